The number of sulfone groups is 1. The molecule has 20 nitrogen and oxygen atoms in total. The molecule has 10 fully saturated rings. The number of rotatable bonds is 42. The van der Waals surface area contributed by atoms with E-state index in [0.29, 0.717) is 76.0 Å². The number of carbonyl (C=O) groups excluding carboxylic acids is 4. The second kappa shape index (κ2) is 49.4. The van der Waals surface area contributed by atoms with Gasteiger partial charge in [0.15, 0.2) is 32.3 Å². The molecular weight excluding hydrogens is 1940 g/mol. The van der Waals surface area contributed by atoms with Gasteiger partial charge in [0.25, 0.3) is 0 Å². The molecule has 1 aromatic rings. The molecule has 9 unspecified atom stereocenters. The van der Waals surface area contributed by atoms with Crippen molar-refractivity contribution in [2.45, 2.75) is 464 Å². The van der Waals surface area contributed by atoms with E-state index in [0.717, 1.165) is 125 Å². The molecule has 35 atom stereocenters. The Balaban J connectivity index is 0.000000275. The molecule has 131 heavy (non-hydrogen) atoms. The Kier molecular flexibility index (Phi) is 41.7. The maximum atomic E-state index is 15.4. The molecule has 0 bridgehead atoms. The Morgan fingerprint density at radius 1 is 0.511 bits per heavy atom. The molecule has 10 heterocycles. The average molecular weight is 2110 g/mol. The van der Waals surface area contributed by atoms with Crippen molar-refractivity contribution in [3.8, 4) is 0 Å². The molecule has 0 aromatic heterocycles. The highest BCUT2D eigenvalue weighted by Gasteiger charge is 2.59. The lowest BCUT2D eigenvalue weighted by Gasteiger charge is -2.51. The van der Waals surface area contributed by atoms with E-state index in [1.165, 1.54) is 0 Å². The van der Waals surface area contributed by atoms with Crippen molar-refractivity contribution in [3.05, 3.63) is 99.3 Å². The van der Waals surface area contributed by atoms with Gasteiger partial charge in [0.05, 0.1) is 151 Å². The quantitative estimate of drug-likeness (QED) is 0.0256. The molecule has 10 aliphatic rings. The minimum atomic E-state index is -4.28. The Hall–Kier alpha value is -2.38. The normalized spacial score (nSPS) is 37.0. The number of methoxy groups -OCH3 is 2. The van der Waals surface area contributed by atoms with Crippen LogP contribution in [0.4, 0.5) is 0 Å². The first kappa shape index (κ1) is 111. The maximum Gasteiger partial charge on any atom is 0.193 e. The van der Waals surface area contributed by atoms with Crippen molar-refractivity contribution in [1.29, 1.82) is 0 Å². The molecule has 1 aromatic carbocycles. The molecule has 0 aliphatic carbocycles. The van der Waals surface area contributed by atoms with Gasteiger partial charge < -0.3 is 75.3 Å². The molecule has 10 saturated heterocycles. The van der Waals surface area contributed by atoms with Crippen LogP contribution in [0.15, 0.2) is 104 Å². The van der Waals surface area contributed by atoms with E-state index in [9.17, 15) is 14.4 Å². The summed E-state index contributed by atoms with van der Waals surface area (Å²) in [5, 5.41) is -1.34. The van der Waals surface area contributed by atoms with Gasteiger partial charge in [0, 0.05) is 71.0 Å². The van der Waals surface area contributed by atoms with Gasteiger partial charge in [-0.2, -0.15) is 0 Å². The van der Waals surface area contributed by atoms with Crippen LogP contribution < -0.4 is 0 Å². The summed E-state index contributed by atoms with van der Waals surface area (Å²) in [6.45, 7) is 62.6. The summed E-state index contributed by atoms with van der Waals surface area (Å²) < 4.78 is 129. The molecule has 0 saturated carbocycles. The predicted octanol–water partition coefficient (Wildman–Crippen LogP) is 23.1. The molecule has 10 aliphatic heterocycles. The van der Waals surface area contributed by atoms with Crippen LogP contribution in [-0.2, 0) is 94.7 Å². The third-order valence-corrected chi connectivity index (χ3v) is 45.0. The Morgan fingerprint density at radius 2 is 0.931 bits per heavy atom. The van der Waals surface area contributed by atoms with Crippen molar-refractivity contribution in [1.82, 2.24) is 0 Å². The molecule has 0 N–H and O–H groups in total. The zero-order valence-corrected chi connectivity index (χ0v) is 91.0. The van der Waals surface area contributed by atoms with E-state index in [1.807, 2.05) is 4.08 Å². The van der Waals surface area contributed by atoms with Gasteiger partial charge in [0.2, 0.25) is 0 Å². The number of fused-ring (bicyclic) bond motifs is 2. The largest absolute Gasteiger partial charge is 0.408 e. The van der Waals surface area contributed by atoms with Gasteiger partial charge in [-0.3, -0.25) is 9.59 Å². The van der Waals surface area contributed by atoms with E-state index >= 15 is 13.2 Å². The third-order valence-electron chi connectivity index (χ3n) is 33.0. The van der Waals surface area contributed by atoms with Gasteiger partial charge in [-0.1, -0.05) is 213 Å². The van der Waals surface area contributed by atoms with Crippen LogP contribution in [-0.4, -0.2) is 215 Å². The monoisotopic (exact) mass is 2100 g/mol. The number of hydrogen-bond acceptors (Lipinski definition) is 20. The minimum absolute atomic E-state index is 0.00644. The summed E-state index contributed by atoms with van der Waals surface area (Å²) in [7, 11) is -5.08. The summed E-state index contributed by atoms with van der Waals surface area (Å²) in [6.07, 6.45) is 18.7. The Labute approximate surface area is 819 Å². The number of hydrogen-bond donors (Lipinski definition) is 0. The highest BCUT2D eigenvalue weighted by molar-refractivity contribution is 14.1. The lowest BCUT2D eigenvalue weighted by atomic mass is 9.77. The van der Waals surface area contributed by atoms with Gasteiger partial charge in [-0.15, -0.1) is 0 Å². The number of benzene rings is 1. The number of halogens is 2. The Morgan fingerprint density at radius 3 is 1.35 bits per heavy atom. The van der Waals surface area contributed by atoms with E-state index < -0.39 is 68.2 Å². The zero-order valence-electron chi connectivity index (χ0n) is 83.9. The summed E-state index contributed by atoms with van der Waals surface area (Å²) in [6, 6.07) is 8.36. The van der Waals surface area contributed by atoms with Gasteiger partial charge >= 0.3 is 0 Å². The number of Topliss-reactive ketones (excluding diaryl/α,β-unsaturated/α-hetero) is 2. The SMILES string of the molecule is C=C1C[C@H](CCC=O)O[C@H]1CCC1C[C@@H](C)C(=C)[C@@H](C[C@@H]2O[C@H](C[C@H](C)CC)[C@H](OC)[C@H]2C(C(=O)CC2CCC3O[C@@H]([C@H](/C=C/I)O[Si](C)(C)C(C)(C)C)[C@@H](C)[C@@H](C)C3O2)S(=O)(=O)c2ccccc2)O1.C=C1C[C@H](CCC=O)O[C@H]1CCC1C[C@@H](C)C(=C)[C@@H](C[C@@H]2O[C@H](C[C@H](C)CC)[C@H](OC)[C@H]2CC(=O)CC2CCC3O[C@@H]([C@H](/C=C/I)O[Si](C)(C)C(C)(C)C)[C@@H](C)[C@@H](C)C3O2)O1. The van der Waals surface area contributed by atoms with E-state index in [1.54, 1.807) is 44.6 Å². The van der Waals surface area contributed by atoms with E-state index in [-0.39, 0.29) is 190 Å². The van der Waals surface area contributed by atoms with Crippen molar-refractivity contribution >= 4 is 95.8 Å². The van der Waals surface area contributed by atoms with Crippen LogP contribution in [0.1, 0.15) is 271 Å². The zero-order chi connectivity index (χ0) is 96.1. The number of carbonyl (C=O) groups is 4. The van der Waals surface area contributed by atoms with Gasteiger partial charge in [0.1, 0.15) is 23.6 Å². The van der Waals surface area contributed by atoms with Crippen molar-refractivity contribution in [2.75, 3.05) is 14.2 Å². The smallest absolute Gasteiger partial charge is 0.193 e. The van der Waals surface area contributed by atoms with Crippen molar-refractivity contribution in [2.24, 2.45) is 59.2 Å². The van der Waals surface area contributed by atoms with Crippen LogP contribution in [0.3, 0.4) is 0 Å². The Bertz CT molecular complexity index is 4050. The number of ether oxygens (including phenoxy) is 12. The van der Waals surface area contributed by atoms with Crippen LogP contribution in [0.5, 0.6) is 0 Å². The standard InChI is InChI=1S/C56H87IO11SSi.C50H83IO9Si/c1-14-34(2)29-50-54(62-11)51(49(66-50)33-48-37(5)35(3)30-41(64-48)22-24-45-36(4)31-40(63-45)19-18-28-58)55(69(60,61)43-20-16-15-17-21-43)44(59)32-42-23-25-46-52(65-42)38(6)39(7)53(67-46)47(26-27-57)68-70(12,13)56(8,9)10;1-14-30(2)24-46-49(54-11)40(45(58-46)29-44-33(5)31(3)25-38(56-44)17-19-41-32(4)26-37(55-41)16-15-23-52)28-36(53)27-39-18-20-42-47(57-39)34(6)35(7)48(59-42)43(21-22-51)60-61(12,13)50(8,9)10/h15-17,20-21,26-28,34-35,38-42,45-55H,4-5,14,18-19,22-25,29-33H2,1-3,6-13H3;21-23,30-31,34-35,37-49H,4-5,14-20,24-29H2,1-3,6-13H3/b27-26+;22-21+/t34-,35-,38-,39+,40+,41?,42?,45+,46?,47+,48-,49+,50-,51+,52?,53-,54+,55?;30-,31-,34-,35+,37+,38?,39?,40+,41+,42?,43+,44-,45+,46-,47?,48-,49-/m11/s1. The fourth-order valence-electron chi connectivity index (χ4n) is 22.1. The van der Waals surface area contributed by atoms with Gasteiger partial charge in [-0.05, 0) is 241 Å². The predicted molar refractivity (Wildman–Crippen MR) is 542 cm³/mol. The first-order valence-electron chi connectivity index (χ1n) is 50.3. The lowest BCUT2D eigenvalue weighted by Crippen LogP contribution is -2.58. The minimum Gasteiger partial charge on any atom is -0.408 e. The highest BCUT2D eigenvalue weighted by Crippen LogP contribution is 2.51. The first-order chi connectivity index (χ1) is 61.8. The number of ketones is 2. The summed E-state index contributed by atoms with van der Waals surface area (Å²) in [5.41, 5.74) is 4.22. The van der Waals surface area contributed by atoms with Crippen LogP contribution in [0.25, 0.3) is 0 Å². The van der Waals surface area contributed by atoms with Crippen LogP contribution in [0.2, 0.25) is 36.3 Å². The number of aldehydes is 2. The van der Waals surface area contributed by atoms with Crippen LogP contribution >= 0.6 is 45.2 Å². The van der Waals surface area contributed by atoms with Crippen molar-refractivity contribution < 1.29 is 93.3 Å². The fraction of sp³-hybridized carbons (Fsp3) is 0.792. The molecule has 11 rings (SSSR count). The molecule has 742 valence electrons. The molecule has 0 amide bonds. The topological polar surface area (TPSA) is 232 Å². The second-order valence-corrected chi connectivity index (χ2v) is 57.4. The molecular formula is C106H170I2O20SSi2. The summed E-state index contributed by atoms with van der Waals surface area (Å²) in [4.78, 5) is 51.7. The summed E-state index contributed by atoms with van der Waals surface area (Å²) >= 11 is 4.56. The maximum absolute atomic E-state index is 15.4. The highest BCUT2D eigenvalue weighted by atomic mass is 127. The van der Waals surface area contributed by atoms with Crippen LogP contribution in [0, 0.1) is 59.2 Å². The molecule has 25 heteroatoms. The average Bonchev–Trinajstić information content (AvgIpc) is 1.70. The fourth-order valence-corrected chi connectivity index (χ4v) is 27.4. The van der Waals surface area contributed by atoms with E-state index in [2.05, 4.69) is 225 Å². The lowest BCUT2D eigenvalue weighted by molar-refractivity contribution is -0.237. The molecule has 0 radical (unpaired) electrons. The van der Waals surface area contributed by atoms with Crippen molar-refractivity contribution in [3.63, 3.8) is 0 Å². The van der Waals surface area contributed by atoms with E-state index in [4.69, 9.17) is 65.7 Å². The third kappa shape index (κ3) is 28.1. The molecule has 0 spiro atoms. The van der Waals surface area contributed by atoms with Gasteiger partial charge in [-0.25, -0.2) is 8.42 Å². The first-order valence-corrected chi connectivity index (χ1v) is 60.1. The second-order valence-electron chi connectivity index (χ2n) is 44.3. The summed E-state index contributed by atoms with van der Waals surface area (Å²) in [5.74, 6) is 0.758.